The Bertz CT molecular complexity index is 501. The second-order valence-corrected chi connectivity index (χ2v) is 6.18. The van der Waals surface area contributed by atoms with Crippen LogP contribution in [0.25, 0.3) is 0 Å². The van der Waals surface area contributed by atoms with Gasteiger partial charge in [-0.25, -0.2) is 0 Å². The van der Waals surface area contributed by atoms with Crippen molar-refractivity contribution in [2.45, 2.75) is 25.3 Å². The van der Waals surface area contributed by atoms with Gasteiger partial charge in [-0.2, -0.15) is 11.8 Å². The van der Waals surface area contributed by atoms with E-state index in [0.717, 1.165) is 23.6 Å². The van der Waals surface area contributed by atoms with Crippen LogP contribution in [0.1, 0.15) is 18.4 Å². The number of carbonyl (C=O) groups is 2. The van der Waals surface area contributed by atoms with Gasteiger partial charge >= 0.3 is 5.97 Å². The number of anilines is 1. The molecule has 1 heterocycles. The highest BCUT2D eigenvalue weighted by Gasteiger charge is 2.17. The molecule has 0 bridgehead atoms. The molecule has 6 heteroatoms. The van der Waals surface area contributed by atoms with Gasteiger partial charge in [-0.15, -0.1) is 0 Å². The van der Waals surface area contributed by atoms with E-state index in [1.54, 1.807) is 0 Å². The molecule has 1 aliphatic heterocycles. The molecule has 114 valence electrons. The van der Waals surface area contributed by atoms with E-state index in [-0.39, 0.29) is 18.4 Å². The highest BCUT2D eigenvalue weighted by molar-refractivity contribution is 7.99. The number of aryl methyl sites for hydroxylation is 1. The minimum Gasteiger partial charge on any atom is -0.481 e. The third-order valence-corrected chi connectivity index (χ3v) is 4.46. The molecule has 0 saturated carbocycles. The molecule has 0 radical (unpaired) electrons. The summed E-state index contributed by atoms with van der Waals surface area (Å²) < 4.78 is 0. The minimum absolute atomic E-state index is 0.0298. The largest absolute Gasteiger partial charge is 0.481 e. The molecule has 1 saturated heterocycles. The minimum atomic E-state index is -0.834. The SMILES string of the molecule is O=C(O)CCc1ccccc1NC(=O)CC1CSCCN1. The van der Waals surface area contributed by atoms with Crippen LogP contribution >= 0.6 is 11.8 Å². The fourth-order valence-corrected chi connectivity index (χ4v) is 3.23. The second kappa shape index (κ2) is 8.05. The van der Waals surface area contributed by atoms with E-state index in [9.17, 15) is 9.59 Å². The fourth-order valence-electron chi connectivity index (χ4n) is 2.28. The van der Waals surface area contributed by atoms with Crippen LogP contribution in [0.2, 0.25) is 0 Å². The van der Waals surface area contributed by atoms with Crippen molar-refractivity contribution in [1.29, 1.82) is 0 Å². The van der Waals surface area contributed by atoms with E-state index in [0.29, 0.717) is 18.5 Å². The molecule has 0 aromatic heterocycles. The molecule has 21 heavy (non-hydrogen) atoms. The lowest BCUT2D eigenvalue weighted by Gasteiger charge is -2.22. The van der Waals surface area contributed by atoms with Crippen LogP contribution in [-0.4, -0.2) is 41.1 Å². The number of rotatable bonds is 6. The maximum Gasteiger partial charge on any atom is 0.303 e. The quantitative estimate of drug-likeness (QED) is 0.746. The molecule has 1 aromatic rings. The van der Waals surface area contributed by atoms with Gasteiger partial charge in [-0.1, -0.05) is 18.2 Å². The maximum atomic E-state index is 12.1. The third-order valence-electron chi connectivity index (χ3n) is 3.33. The van der Waals surface area contributed by atoms with Crippen LogP contribution < -0.4 is 10.6 Å². The van der Waals surface area contributed by atoms with Crippen LogP contribution in [0.15, 0.2) is 24.3 Å². The van der Waals surface area contributed by atoms with E-state index >= 15 is 0 Å². The van der Waals surface area contributed by atoms with Gasteiger partial charge < -0.3 is 15.7 Å². The third kappa shape index (κ3) is 5.40. The number of thioether (sulfide) groups is 1. The fraction of sp³-hybridized carbons (Fsp3) is 0.467. The Kier molecular flexibility index (Phi) is 6.07. The van der Waals surface area contributed by atoms with Crippen LogP contribution in [-0.2, 0) is 16.0 Å². The number of para-hydroxylation sites is 1. The standard InChI is InChI=1S/C15H20N2O3S/c18-14(9-12-10-21-8-7-16-12)17-13-4-2-1-3-11(13)5-6-15(19)20/h1-4,12,16H,5-10H2,(H,17,18)(H,19,20). The first-order valence-electron chi connectivity index (χ1n) is 7.06. The molecule has 0 spiro atoms. The Morgan fingerprint density at radius 3 is 2.90 bits per heavy atom. The van der Waals surface area contributed by atoms with Crippen molar-refractivity contribution in [1.82, 2.24) is 5.32 Å². The molecular formula is C15H20N2O3S. The summed E-state index contributed by atoms with van der Waals surface area (Å²) in [6.45, 7) is 0.942. The molecule has 1 amide bonds. The average Bonchev–Trinajstić information content (AvgIpc) is 2.47. The molecule has 0 aliphatic carbocycles. The molecule has 1 fully saturated rings. The van der Waals surface area contributed by atoms with Crippen molar-refractivity contribution >= 4 is 29.3 Å². The van der Waals surface area contributed by atoms with Crippen LogP contribution in [0.4, 0.5) is 5.69 Å². The van der Waals surface area contributed by atoms with Gasteiger partial charge in [0.2, 0.25) is 5.91 Å². The summed E-state index contributed by atoms with van der Waals surface area (Å²) >= 11 is 1.86. The average molecular weight is 308 g/mol. The van der Waals surface area contributed by atoms with Gasteiger partial charge in [-0.3, -0.25) is 9.59 Å². The summed E-state index contributed by atoms with van der Waals surface area (Å²) in [5.74, 6) is 1.18. The summed E-state index contributed by atoms with van der Waals surface area (Å²) in [6.07, 6.45) is 0.928. The second-order valence-electron chi connectivity index (χ2n) is 5.03. The summed E-state index contributed by atoms with van der Waals surface area (Å²) in [6, 6.07) is 7.58. The van der Waals surface area contributed by atoms with E-state index in [4.69, 9.17) is 5.11 Å². The van der Waals surface area contributed by atoms with Crippen molar-refractivity contribution < 1.29 is 14.7 Å². The number of amides is 1. The lowest BCUT2D eigenvalue weighted by molar-refractivity contribution is -0.136. The number of carboxylic acids is 1. The van der Waals surface area contributed by atoms with Crippen molar-refractivity contribution in [2.24, 2.45) is 0 Å². The van der Waals surface area contributed by atoms with E-state index < -0.39 is 5.97 Å². The Morgan fingerprint density at radius 1 is 1.38 bits per heavy atom. The molecule has 1 aromatic carbocycles. The number of aliphatic carboxylic acids is 1. The van der Waals surface area contributed by atoms with Crippen LogP contribution in [0.3, 0.4) is 0 Å². The molecule has 2 rings (SSSR count). The Labute approximate surface area is 128 Å². The number of carbonyl (C=O) groups excluding carboxylic acids is 1. The number of hydrogen-bond acceptors (Lipinski definition) is 4. The van der Waals surface area contributed by atoms with Gasteiger partial charge in [0.1, 0.15) is 0 Å². The number of carboxylic acid groups (broad SMARTS) is 1. The van der Waals surface area contributed by atoms with Gasteiger partial charge in [0.15, 0.2) is 0 Å². The van der Waals surface area contributed by atoms with Gasteiger partial charge in [0, 0.05) is 42.6 Å². The van der Waals surface area contributed by atoms with Crippen molar-refractivity contribution in [3.63, 3.8) is 0 Å². The zero-order valence-corrected chi connectivity index (χ0v) is 12.6. The Balaban J connectivity index is 1.91. The van der Waals surface area contributed by atoms with Crippen molar-refractivity contribution in [3.8, 4) is 0 Å². The molecular weight excluding hydrogens is 288 g/mol. The normalized spacial score (nSPS) is 18.2. The Hall–Kier alpha value is -1.53. The summed E-state index contributed by atoms with van der Waals surface area (Å²) in [7, 11) is 0. The zero-order valence-electron chi connectivity index (χ0n) is 11.8. The smallest absolute Gasteiger partial charge is 0.303 e. The number of nitrogens with one attached hydrogen (secondary N) is 2. The molecule has 1 atom stereocenters. The van der Waals surface area contributed by atoms with Crippen LogP contribution in [0.5, 0.6) is 0 Å². The monoisotopic (exact) mass is 308 g/mol. The van der Waals surface area contributed by atoms with Crippen LogP contribution in [0, 0.1) is 0 Å². The first-order chi connectivity index (χ1) is 10.1. The zero-order chi connectivity index (χ0) is 15.1. The van der Waals surface area contributed by atoms with Crippen molar-refractivity contribution in [3.05, 3.63) is 29.8 Å². The predicted octanol–water partition coefficient (Wildman–Crippen LogP) is 1.74. The summed E-state index contributed by atoms with van der Waals surface area (Å²) in [5, 5.41) is 15.0. The van der Waals surface area contributed by atoms with E-state index in [2.05, 4.69) is 10.6 Å². The van der Waals surface area contributed by atoms with Gasteiger partial charge in [0.05, 0.1) is 0 Å². The summed E-state index contributed by atoms with van der Waals surface area (Å²) in [4.78, 5) is 22.8. The first kappa shape index (κ1) is 15.9. The first-order valence-corrected chi connectivity index (χ1v) is 8.21. The molecule has 5 nitrogen and oxygen atoms in total. The highest BCUT2D eigenvalue weighted by Crippen LogP contribution is 2.18. The number of benzene rings is 1. The maximum absolute atomic E-state index is 12.1. The topological polar surface area (TPSA) is 78.4 Å². The lowest BCUT2D eigenvalue weighted by atomic mass is 10.1. The number of hydrogen-bond donors (Lipinski definition) is 3. The van der Waals surface area contributed by atoms with Gasteiger partial charge in [-0.05, 0) is 18.1 Å². The highest BCUT2D eigenvalue weighted by atomic mass is 32.2. The molecule has 3 N–H and O–H groups in total. The predicted molar refractivity (Wildman–Crippen MR) is 84.8 cm³/mol. The van der Waals surface area contributed by atoms with Crippen molar-refractivity contribution in [2.75, 3.05) is 23.4 Å². The van der Waals surface area contributed by atoms with E-state index in [1.807, 2.05) is 36.0 Å². The van der Waals surface area contributed by atoms with E-state index in [1.165, 1.54) is 0 Å². The molecule has 1 aliphatic rings. The Morgan fingerprint density at radius 2 is 2.19 bits per heavy atom. The lowest BCUT2D eigenvalue weighted by Crippen LogP contribution is -2.39. The molecule has 1 unspecified atom stereocenters. The van der Waals surface area contributed by atoms with Gasteiger partial charge in [0.25, 0.3) is 0 Å². The summed E-state index contributed by atoms with van der Waals surface area (Å²) in [5.41, 5.74) is 1.58.